The van der Waals surface area contributed by atoms with E-state index in [1.54, 1.807) is 0 Å². The number of nitrogens with two attached hydrogens (primary N) is 1. The van der Waals surface area contributed by atoms with Gasteiger partial charge in [-0.25, -0.2) is 0 Å². The molecule has 0 aromatic rings. The van der Waals surface area contributed by atoms with Gasteiger partial charge in [-0.3, -0.25) is 4.79 Å². The summed E-state index contributed by atoms with van der Waals surface area (Å²) in [7, 11) is 1.92. The number of rotatable bonds is 4. The minimum Gasteiger partial charge on any atom is -0.345 e. The Balaban J connectivity index is 2.00. The minimum absolute atomic E-state index is 0.281. The van der Waals surface area contributed by atoms with Crippen LogP contribution in [0.15, 0.2) is 0 Å². The van der Waals surface area contributed by atoms with Gasteiger partial charge in [0.05, 0.1) is 0 Å². The molecule has 1 heterocycles. The van der Waals surface area contributed by atoms with Crippen LogP contribution in [0, 0.1) is 17.8 Å². The standard InChI is InChI=1S/C12H22N2O/c1-14-8-6-11(12(14)15)10(5-7-13)9-3-2-4-9/h9-11H,2-8,13H2,1H3. The summed E-state index contributed by atoms with van der Waals surface area (Å²) in [4.78, 5) is 13.8. The molecule has 0 aromatic heterocycles. The van der Waals surface area contributed by atoms with E-state index in [1.165, 1.54) is 19.3 Å². The third-order valence-corrected chi connectivity index (χ3v) is 4.24. The lowest BCUT2D eigenvalue weighted by Gasteiger charge is -2.36. The van der Waals surface area contributed by atoms with Crippen molar-refractivity contribution in [3.8, 4) is 0 Å². The first-order valence-electron chi connectivity index (χ1n) is 6.19. The fourth-order valence-electron chi connectivity index (χ4n) is 3.07. The molecule has 2 rings (SSSR count). The number of likely N-dealkylation sites (tertiary alicyclic amines) is 1. The number of carbonyl (C=O) groups excluding carboxylic acids is 1. The first-order valence-corrected chi connectivity index (χ1v) is 6.19. The Kier molecular flexibility index (Phi) is 3.29. The van der Waals surface area contributed by atoms with Gasteiger partial charge < -0.3 is 10.6 Å². The number of nitrogens with zero attached hydrogens (tertiary/aromatic N) is 1. The molecule has 1 aliphatic heterocycles. The molecule has 0 bridgehead atoms. The summed E-state index contributed by atoms with van der Waals surface area (Å²) in [5, 5.41) is 0. The zero-order chi connectivity index (χ0) is 10.8. The van der Waals surface area contributed by atoms with Crippen LogP contribution in [-0.2, 0) is 4.79 Å². The summed E-state index contributed by atoms with van der Waals surface area (Å²) in [6, 6.07) is 0. The molecule has 1 aliphatic carbocycles. The van der Waals surface area contributed by atoms with Crippen molar-refractivity contribution < 1.29 is 4.79 Å². The lowest BCUT2D eigenvalue weighted by Crippen LogP contribution is -2.34. The van der Waals surface area contributed by atoms with Crippen molar-refractivity contribution in [1.82, 2.24) is 4.90 Å². The monoisotopic (exact) mass is 210 g/mol. The molecule has 15 heavy (non-hydrogen) atoms. The van der Waals surface area contributed by atoms with E-state index in [0.29, 0.717) is 11.8 Å². The van der Waals surface area contributed by atoms with E-state index < -0.39 is 0 Å². The second-order valence-electron chi connectivity index (χ2n) is 5.09. The van der Waals surface area contributed by atoms with Gasteiger partial charge in [0.15, 0.2) is 0 Å². The largest absolute Gasteiger partial charge is 0.345 e. The van der Waals surface area contributed by atoms with Gasteiger partial charge in [0.25, 0.3) is 0 Å². The SMILES string of the molecule is CN1CCC(C(CCN)C2CCC2)C1=O. The van der Waals surface area contributed by atoms with E-state index in [1.807, 2.05) is 11.9 Å². The van der Waals surface area contributed by atoms with E-state index >= 15 is 0 Å². The van der Waals surface area contributed by atoms with Crippen LogP contribution in [0.2, 0.25) is 0 Å². The van der Waals surface area contributed by atoms with Crippen molar-refractivity contribution in [2.45, 2.75) is 32.1 Å². The molecule has 2 aliphatic rings. The van der Waals surface area contributed by atoms with E-state index in [2.05, 4.69) is 0 Å². The molecule has 0 spiro atoms. The average molecular weight is 210 g/mol. The maximum Gasteiger partial charge on any atom is 0.225 e. The van der Waals surface area contributed by atoms with Crippen LogP contribution in [0.1, 0.15) is 32.1 Å². The number of hydrogen-bond acceptors (Lipinski definition) is 2. The molecule has 2 atom stereocenters. The summed E-state index contributed by atoms with van der Waals surface area (Å²) in [5.41, 5.74) is 5.67. The normalized spacial score (nSPS) is 29.3. The van der Waals surface area contributed by atoms with E-state index in [9.17, 15) is 4.79 Å². The van der Waals surface area contributed by atoms with Crippen molar-refractivity contribution in [3.63, 3.8) is 0 Å². The smallest absolute Gasteiger partial charge is 0.225 e. The molecular formula is C12H22N2O. The molecular weight excluding hydrogens is 188 g/mol. The number of amides is 1. The van der Waals surface area contributed by atoms with E-state index in [-0.39, 0.29) is 5.92 Å². The molecule has 2 unspecified atom stereocenters. The average Bonchev–Trinajstić information content (AvgIpc) is 2.44. The Morgan fingerprint density at radius 2 is 2.20 bits per heavy atom. The number of hydrogen-bond donors (Lipinski definition) is 1. The fraction of sp³-hybridized carbons (Fsp3) is 0.917. The van der Waals surface area contributed by atoms with Crippen molar-refractivity contribution in [1.29, 1.82) is 0 Å². The highest BCUT2D eigenvalue weighted by Gasteiger charge is 2.40. The van der Waals surface area contributed by atoms with Crippen molar-refractivity contribution in [2.24, 2.45) is 23.5 Å². The zero-order valence-corrected chi connectivity index (χ0v) is 9.61. The highest BCUT2D eigenvalue weighted by Crippen LogP contribution is 2.41. The van der Waals surface area contributed by atoms with Crippen LogP contribution < -0.4 is 5.73 Å². The van der Waals surface area contributed by atoms with Crippen LogP contribution >= 0.6 is 0 Å². The van der Waals surface area contributed by atoms with Crippen LogP contribution in [0.5, 0.6) is 0 Å². The molecule has 0 radical (unpaired) electrons. The summed E-state index contributed by atoms with van der Waals surface area (Å²) in [6.45, 7) is 1.67. The second-order valence-corrected chi connectivity index (χ2v) is 5.09. The minimum atomic E-state index is 0.281. The summed E-state index contributed by atoms with van der Waals surface area (Å²) in [6.07, 6.45) is 6.07. The van der Waals surface area contributed by atoms with Crippen molar-refractivity contribution >= 4 is 5.91 Å². The molecule has 3 nitrogen and oxygen atoms in total. The van der Waals surface area contributed by atoms with Gasteiger partial charge in [-0.1, -0.05) is 19.3 Å². The molecule has 86 valence electrons. The van der Waals surface area contributed by atoms with Gasteiger partial charge in [-0.2, -0.15) is 0 Å². The van der Waals surface area contributed by atoms with Gasteiger partial charge in [-0.05, 0) is 31.2 Å². The maximum atomic E-state index is 12.0. The Morgan fingerprint density at radius 3 is 2.60 bits per heavy atom. The van der Waals surface area contributed by atoms with Crippen LogP contribution in [0.3, 0.4) is 0 Å². The van der Waals surface area contributed by atoms with Gasteiger partial charge in [-0.15, -0.1) is 0 Å². The third kappa shape index (κ3) is 2.03. The second kappa shape index (κ2) is 4.52. The van der Waals surface area contributed by atoms with E-state index in [4.69, 9.17) is 5.73 Å². The van der Waals surface area contributed by atoms with Crippen LogP contribution in [-0.4, -0.2) is 30.9 Å². The molecule has 1 saturated carbocycles. The van der Waals surface area contributed by atoms with Crippen LogP contribution in [0.25, 0.3) is 0 Å². The Labute approximate surface area is 92.0 Å². The van der Waals surface area contributed by atoms with E-state index in [0.717, 1.165) is 31.8 Å². The predicted molar refractivity (Wildman–Crippen MR) is 60.2 cm³/mol. The van der Waals surface area contributed by atoms with Crippen molar-refractivity contribution in [2.75, 3.05) is 20.1 Å². The van der Waals surface area contributed by atoms with Gasteiger partial charge >= 0.3 is 0 Å². The molecule has 2 N–H and O–H groups in total. The Bertz CT molecular complexity index is 238. The lowest BCUT2D eigenvalue weighted by molar-refractivity contribution is -0.132. The first kappa shape index (κ1) is 10.9. The van der Waals surface area contributed by atoms with Crippen molar-refractivity contribution in [3.05, 3.63) is 0 Å². The summed E-state index contributed by atoms with van der Waals surface area (Å²) < 4.78 is 0. The number of carbonyl (C=O) groups is 1. The Hall–Kier alpha value is -0.570. The third-order valence-electron chi connectivity index (χ3n) is 4.24. The zero-order valence-electron chi connectivity index (χ0n) is 9.61. The molecule has 3 heteroatoms. The molecule has 1 saturated heterocycles. The maximum absolute atomic E-state index is 12.0. The molecule has 1 amide bonds. The predicted octanol–water partition coefficient (Wildman–Crippen LogP) is 1.23. The highest BCUT2D eigenvalue weighted by atomic mass is 16.2. The quantitative estimate of drug-likeness (QED) is 0.758. The molecule has 2 fully saturated rings. The van der Waals surface area contributed by atoms with Gasteiger partial charge in [0, 0.05) is 19.5 Å². The van der Waals surface area contributed by atoms with Gasteiger partial charge in [0.2, 0.25) is 5.91 Å². The summed E-state index contributed by atoms with van der Waals surface area (Å²) >= 11 is 0. The summed E-state index contributed by atoms with van der Waals surface area (Å²) in [5.74, 6) is 2.00. The first-order chi connectivity index (χ1) is 7.24. The lowest BCUT2D eigenvalue weighted by atomic mass is 9.69. The molecule has 0 aromatic carbocycles. The van der Waals surface area contributed by atoms with Crippen LogP contribution in [0.4, 0.5) is 0 Å². The topological polar surface area (TPSA) is 46.3 Å². The fourth-order valence-corrected chi connectivity index (χ4v) is 3.07. The highest BCUT2D eigenvalue weighted by molar-refractivity contribution is 5.80. The van der Waals surface area contributed by atoms with Gasteiger partial charge in [0.1, 0.15) is 0 Å². The Morgan fingerprint density at radius 1 is 1.47 bits per heavy atom.